The van der Waals surface area contributed by atoms with E-state index in [9.17, 15) is 9.59 Å². The third-order valence-corrected chi connectivity index (χ3v) is 6.44. The molecule has 33 heavy (non-hydrogen) atoms. The van der Waals surface area contributed by atoms with Gasteiger partial charge in [0.25, 0.3) is 11.5 Å². The molecule has 0 aliphatic heterocycles. The van der Waals surface area contributed by atoms with Crippen molar-refractivity contribution >= 4 is 28.3 Å². The average Bonchev–Trinajstić information content (AvgIpc) is 3.47. The van der Waals surface area contributed by atoms with Gasteiger partial charge in [-0.05, 0) is 31.2 Å². The van der Waals surface area contributed by atoms with Crippen molar-refractivity contribution in [2.45, 2.75) is 13.5 Å². The second-order valence-corrected chi connectivity index (χ2v) is 8.47. The number of rotatable bonds is 6. The van der Waals surface area contributed by atoms with Crippen LogP contribution >= 0.6 is 11.3 Å². The number of aromatic nitrogens is 5. The molecule has 3 heterocycles. The molecule has 0 bridgehead atoms. The van der Waals surface area contributed by atoms with Crippen LogP contribution in [0.3, 0.4) is 0 Å². The Morgan fingerprint density at radius 3 is 2.82 bits per heavy atom. The molecule has 9 heteroatoms. The van der Waals surface area contributed by atoms with Gasteiger partial charge in [-0.25, -0.2) is 14.6 Å². The maximum atomic E-state index is 12.5. The number of aryl methyl sites for hydroxylation is 1. The highest BCUT2D eigenvalue weighted by atomic mass is 32.1. The summed E-state index contributed by atoms with van der Waals surface area (Å²) in [5.74, 6) is -0.221. The molecule has 0 aliphatic carbocycles. The van der Waals surface area contributed by atoms with E-state index in [1.807, 2.05) is 37.3 Å². The van der Waals surface area contributed by atoms with Gasteiger partial charge in [-0.15, -0.1) is 11.3 Å². The van der Waals surface area contributed by atoms with Crippen LogP contribution in [0.2, 0.25) is 0 Å². The molecule has 0 aliphatic rings. The Labute approximate surface area is 193 Å². The summed E-state index contributed by atoms with van der Waals surface area (Å²) >= 11 is 1.54. The molecule has 0 saturated heterocycles. The SMILES string of the molecule is Cc1nc(-c2ccccc2)sc1-c1ccc(=O)n(CCNC(=O)c2ccc3nc[nH]c3c2)n1. The Morgan fingerprint density at radius 2 is 1.97 bits per heavy atom. The predicted molar refractivity (Wildman–Crippen MR) is 128 cm³/mol. The number of nitrogens with one attached hydrogen (secondary N) is 2. The lowest BCUT2D eigenvalue weighted by atomic mass is 10.2. The lowest BCUT2D eigenvalue weighted by molar-refractivity contribution is 0.0952. The molecule has 2 aromatic carbocycles. The number of carbonyl (C=O) groups is 1. The lowest BCUT2D eigenvalue weighted by Gasteiger charge is -2.08. The van der Waals surface area contributed by atoms with Crippen molar-refractivity contribution in [1.29, 1.82) is 0 Å². The van der Waals surface area contributed by atoms with E-state index in [-0.39, 0.29) is 24.6 Å². The number of amides is 1. The number of hydrogen-bond acceptors (Lipinski definition) is 6. The highest BCUT2D eigenvalue weighted by Gasteiger charge is 2.14. The summed E-state index contributed by atoms with van der Waals surface area (Å²) in [6.45, 7) is 2.47. The normalized spacial score (nSPS) is 11.1. The Bertz CT molecular complexity index is 1500. The molecular weight excluding hydrogens is 436 g/mol. The van der Waals surface area contributed by atoms with Crippen LogP contribution in [0.4, 0.5) is 0 Å². The van der Waals surface area contributed by atoms with Gasteiger partial charge in [0.1, 0.15) is 10.7 Å². The number of hydrogen-bond donors (Lipinski definition) is 2. The zero-order valence-electron chi connectivity index (χ0n) is 17.8. The van der Waals surface area contributed by atoms with Gasteiger partial charge >= 0.3 is 0 Å². The maximum absolute atomic E-state index is 12.5. The minimum Gasteiger partial charge on any atom is -0.350 e. The second-order valence-electron chi connectivity index (χ2n) is 7.47. The van der Waals surface area contributed by atoms with Gasteiger partial charge in [-0.3, -0.25) is 9.59 Å². The Kier molecular flexibility index (Phi) is 5.54. The lowest BCUT2D eigenvalue weighted by Crippen LogP contribution is -2.31. The van der Waals surface area contributed by atoms with E-state index in [0.29, 0.717) is 11.3 Å². The minimum absolute atomic E-state index is 0.221. The second kappa shape index (κ2) is 8.79. The number of nitrogens with zero attached hydrogens (tertiary/aromatic N) is 4. The Hall–Kier alpha value is -4.11. The van der Waals surface area contributed by atoms with E-state index < -0.39 is 0 Å². The summed E-state index contributed by atoms with van der Waals surface area (Å²) in [6.07, 6.45) is 1.59. The Balaban J connectivity index is 1.30. The Morgan fingerprint density at radius 1 is 1.12 bits per heavy atom. The molecule has 2 N–H and O–H groups in total. The molecule has 5 rings (SSSR count). The molecule has 5 aromatic rings. The molecule has 1 amide bonds. The van der Waals surface area contributed by atoms with Gasteiger partial charge < -0.3 is 10.3 Å². The van der Waals surface area contributed by atoms with Gasteiger partial charge in [0.15, 0.2) is 0 Å². The standard InChI is InChI=1S/C24H20N6O2S/c1-15-22(33-24(28-15)16-5-3-2-4-6-16)19-9-10-21(31)30(29-19)12-11-25-23(32)17-7-8-18-20(13-17)27-14-26-18/h2-10,13-14H,11-12H2,1H3,(H,25,32)(H,26,27). The largest absolute Gasteiger partial charge is 0.350 e. The van der Waals surface area contributed by atoms with Crippen LogP contribution < -0.4 is 10.9 Å². The van der Waals surface area contributed by atoms with Gasteiger partial charge in [-0.2, -0.15) is 5.10 Å². The van der Waals surface area contributed by atoms with Crippen molar-refractivity contribution in [2.75, 3.05) is 6.54 Å². The molecule has 0 radical (unpaired) electrons. The third kappa shape index (κ3) is 4.31. The van der Waals surface area contributed by atoms with Gasteiger partial charge in [-0.1, -0.05) is 30.3 Å². The van der Waals surface area contributed by atoms with Crippen LogP contribution in [0.25, 0.3) is 32.2 Å². The van der Waals surface area contributed by atoms with Crippen molar-refractivity contribution in [3.8, 4) is 21.1 Å². The number of aromatic amines is 1. The summed E-state index contributed by atoms with van der Waals surface area (Å²) in [5.41, 5.74) is 4.48. The van der Waals surface area contributed by atoms with Crippen molar-refractivity contribution < 1.29 is 4.79 Å². The van der Waals surface area contributed by atoms with Crippen LogP contribution in [0, 0.1) is 6.92 Å². The number of imidazole rings is 1. The predicted octanol–water partition coefficient (Wildman–Crippen LogP) is 3.65. The zero-order chi connectivity index (χ0) is 22.8. The van der Waals surface area contributed by atoms with Crippen molar-refractivity contribution in [3.63, 3.8) is 0 Å². The van der Waals surface area contributed by atoms with E-state index in [1.165, 1.54) is 10.7 Å². The first-order valence-corrected chi connectivity index (χ1v) is 11.2. The van der Waals surface area contributed by atoms with Gasteiger partial charge in [0.05, 0.1) is 34.5 Å². The molecule has 0 fully saturated rings. The van der Waals surface area contributed by atoms with Crippen molar-refractivity contribution in [1.82, 2.24) is 30.0 Å². The van der Waals surface area contributed by atoms with E-state index >= 15 is 0 Å². The van der Waals surface area contributed by atoms with Crippen LogP contribution in [0.5, 0.6) is 0 Å². The number of fused-ring (bicyclic) bond motifs is 1. The van der Waals surface area contributed by atoms with Crippen LogP contribution in [-0.4, -0.2) is 37.2 Å². The first-order chi connectivity index (χ1) is 16.1. The number of benzene rings is 2. The molecule has 8 nitrogen and oxygen atoms in total. The summed E-state index contributed by atoms with van der Waals surface area (Å²) in [5, 5.41) is 8.28. The number of thiazole rings is 1. The first kappa shape index (κ1) is 20.8. The van der Waals surface area contributed by atoms with Gasteiger partial charge in [0, 0.05) is 23.7 Å². The molecule has 3 aromatic heterocycles. The van der Waals surface area contributed by atoms with Crippen LogP contribution in [-0.2, 0) is 6.54 Å². The highest BCUT2D eigenvalue weighted by Crippen LogP contribution is 2.33. The summed E-state index contributed by atoms with van der Waals surface area (Å²) < 4.78 is 1.37. The summed E-state index contributed by atoms with van der Waals surface area (Å²) in [7, 11) is 0. The topological polar surface area (TPSA) is 106 Å². The van der Waals surface area contributed by atoms with Crippen molar-refractivity contribution in [3.05, 3.63) is 88.6 Å². The monoisotopic (exact) mass is 456 g/mol. The fraction of sp³-hybridized carbons (Fsp3) is 0.125. The highest BCUT2D eigenvalue weighted by molar-refractivity contribution is 7.18. The fourth-order valence-corrected chi connectivity index (χ4v) is 4.56. The number of carbonyl (C=O) groups excluding carboxylic acids is 1. The minimum atomic E-state index is -0.225. The molecule has 164 valence electrons. The van der Waals surface area contributed by atoms with Gasteiger partial charge in [0.2, 0.25) is 0 Å². The van der Waals surface area contributed by atoms with Crippen molar-refractivity contribution in [2.24, 2.45) is 0 Å². The molecule has 0 saturated carbocycles. The van der Waals surface area contributed by atoms with E-state index in [1.54, 1.807) is 41.9 Å². The summed E-state index contributed by atoms with van der Waals surface area (Å²) in [4.78, 5) is 37.6. The van der Waals surface area contributed by atoms with E-state index in [0.717, 1.165) is 32.2 Å². The van der Waals surface area contributed by atoms with E-state index in [4.69, 9.17) is 0 Å². The molecular formula is C24H20N6O2S. The maximum Gasteiger partial charge on any atom is 0.266 e. The average molecular weight is 457 g/mol. The quantitative estimate of drug-likeness (QED) is 0.406. The van der Waals surface area contributed by atoms with E-state index in [2.05, 4.69) is 25.4 Å². The van der Waals surface area contributed by atoms with Crippen LogP contribution in [0.1, 0.15) is 16.1 Å². The van der Waals surface area contributed by atoms with Crippen LogP contribution in [0.15, 0.2) is 71.8 Å². The zero-order valence-corrected chi connectivity index (χ0v) is 18.6. The first-order valence-electron chi connectivity index (χ1n) is 10.4. The molecule has 0 spiro atoms. The third-order valence-electron chi connectivity index (χ3n) is 5.21. The summed E-state index contributed by atoms with van der Waals surface area (Å²) in [6, 6.07) is 18.4. The fourth-order valence-electron chi connectivity index (χ4n) is 3.52. The molecule has 0 unspecified atom stereocenters. The number of H-pyrrole nitrogens is 1. The smallest absolute Gasteiger partial charge is 0.266 e. The molecule has 0 atom stereocenters.